The number of halogens is 2. The molecule has 332 valence electrons. The Morgan fingerprint density at radius 1 is 0.286 bits per heavy atom. The Hall–Kier alpha value is -8.52. The zero-order valence-corrected chi connectivity index (χ0v) is 40.0. The quantitative estimate of drug-likeness (QED) is 0.131. The van der Waals surface area contributed by atoms with E-state index in [0.29, 0.717) is 0 Å². The molecule has 3 nitrogen and oxygen atoms in total. The zero-order chi connectivity index (χ0) is 46.8. The predicted molar refractivity (Wildman–Crippen MR) is 291 cm³/mol. The molecule has 0 spiro atoms. The average Bonchev–Trinajstić information content (AvgIpc) is 3.92. The van der Waals surface area contributed by atoms with E-state index in [1.54, 1.807) is 12.1 Å². The van der Waals surface area contributed by atoms with Crippen LogP contribution in [0.15, 0.2) is 261 Å². The van der Waals surface area contributed by atoms with Gasteiger partial charge in [-0.15, -0.1) is 0 Å². The van der Waals surface area contributed by atoms with Crippen molar-refractivity contribution in [2.24, 2.45) is 0 Å². The second-order valence-electron chi connectivity index (χ2n) is 18.0. The second kappa shape index (κ2) is 16.9. The van der Waals surface area contributed by atoms with Crippen LogP contribution in [0.3, 0.4) is 0 Å². The first-order valence-electron chi connectivity index (χ1n) is 23.6. The van der Waals surface area contributed by atoms with Gasteiger partial charge in [0.2, 0.25) is 0 Å². The van der Waals surface area contributed by atoms with E-state index in [1.165, 1.54) is 35.1 Å². The van der Waals surface area contributed by atoms with E-state index in [1.807, 2.05) is 24.3 Å². The summed E-state index contributed by atoms with van der Waals surface area (Å²) in [6, 6.07) is 91.0. The molecule has 2 heterocycles. The first-order valence-corrected chi connectivity index (χ1v) is 27.8. The van der Waals surface area contributed by atoms with Crippen molar-refractivity contribution in [3.8, 4) is 11.4 Å². The number of para-hydroxylation sites is 1. The zero-order valence-electron chi connectivity index (χ0n) is 37.9. The van der Waals surface area contributed by atoms with Crippen LogP contribution in [0.5, 0.6) is 0 Å². The molecule has 0 saturated heterocycles. The van der Waals surface area contributed by atoms with Gasteiger partial charge in [0, 0.05) is 5.69 Å². The smallest absolute Gasteiger partial charge is 0.0242 e. The number of rotatable bonds is 9. The minimum absolute atomic E-state index is 0.266. The molecule has 70 heavy (non-hydrogen) atoms. The van der Waals surface area contributed by atoms with Gasteiger partial charge in [-0.3, -0.25) is 0 Å². The van der Waals surface area contributed by atoms with Gasteiger partial charge in [0.1, 0.15) is 5.82 Å². The molecule has 13 aromatic rings. The summed E-state index contributed by atoms with van der Waals surface area (Å²) in [6.45, 7) is 0. The van der Waals surface area contributed by atoms with E-state index < -0.39 is 13.3 Å². The Labute approximate surface area is 406 Å². The van der Waals surface area contributed by atoms with Crippen molar-refractivity contribution < 1.29 is 8.78 Å². The van der Waals surface area contributed by atoms with E-state index in [-0.39, 0.29) is 11.6 Å². The van der Waals surface area contributed by atoms with Crippen molar-refractivity contribution in [1.82, 2.24) is 9.13 Å². The number of hydrogen-bond acceptors (Lipinski definition) is 1. The van der Waals surface area contributed by atoms with Gasteiger partial charge in [-0.1, -0.05) is 18.2 Å². The van der Waals surface area contributed by atoms with Crippen LogP contribution >= 0.6 is 0 Å². The first kappa shape index (κ1) is 41.7. The van der Waals surface area contributed by atoms with Crippen molar-refractivity contribution in [2.45, 2.75) is 0 Å². The molecule has 0 aliphatic rings. The van der Waals surface area contributed by atoms with Crippen molar-refractivity contribution in [2.75, 3.05) is 4.90 Å². The van der Waals surface area contributed by atoms with Crippen LogP contribution in [-0.4, -0.2) is 22.4 Å². The summed E-state index contributed by atoms with van der Waals surface area (Å²) in [4.78, 5) is 2.36. The van der Waals surface area contributed by atoms with Crippen LogP contribution < -0.4 is 22.5 Å². The molecular weight excluding hydrogens is 921 g/mol. The Morgan fingerprint density at radius 2 is 0.686 bits per heavy atom. The standard InChI is InChI=1S/C64H43F2GeN3/c65-46-25-31-52(32-26-46)69-61-23-13-12-22-57(61)59-42-55(35-38-63(59)69)68(54-30-24-44-14-10-11-15-45(44)40-54)56-36-39-64-60(43-56)58-41-51(29-37-62(58)70(64)53-33-27-47(66)28-34-53)67(48-16-4-1-5-17-48,49-18-6-2-7-19-49)50-20-8-3-9-21-50/h1-43H. The van der Waals surface area contributed by atoms with Crippen LogP contribution in [0.25, 0.3) is 65.8 Å². The monoisotopic (exact) mass is 965 g/mol. The van der Waals surface area contributed by atoms with Crippen LogP contribution in [0.2, 0.25) is 0 Å². The summed E-state index contributed by atoms with van der Waals surface area (Å²) in [5.74, 6) is -0.540. The Bertz CT molecular complexity index is 3980. The van der Waals surface area contributed by atoms with Crippen LogP contribution in [0.1, 0.15) is 0 Å². The van der Waals surface area contributed by atoms with Crippen molar-refractivity contribution in [3.05, 3.63) is 272 Å². The Kier molecular flexibility index (Phi) is 10.1. The third-order valence-electron chi connectivity index (χ3n) is 14.1. The molecule has 0 N–H and O–H groups in total. The molecule has 0 aliphatic carbocycles. The van der Waals surface area contributed by atoms with E-state index in [4.69, 9.17) is 0 Å². The molecule has 0 fully saturated rings. The van der Waals surface area contributed by atoms with Crippen LogP contribution in [0, 0.1) is 11.6 Å². The molecule has 0 aliphatic heterocycles. The molecular formula is C64H43F2GeN3. The van der Waals surface area contributed by atoms with Gasteiger partial charge in [-0.25, -0.2) is 4.39 Å². The fourth-order valence-corrected chi connectivity index (χ4v) is 21.1. The minimum Gasteiger partial charge on any atom is -0.0351 e. The first-order chi connectivity index (χ1) is 34.5. The summed E-state index contributed by atoms with van der Waals surface area (Å²) >= 11 is -3.70. The van der Waals surface area contributed by atoms with Gasteiger partial charge in [0.15, 0.2) is 0 Å². The maximum atomic E-state index is 14.6. The van der Waals surface area contributed by atoms with Gasteiger partial charge in [0.25, 0.3) is 0 Å². The van der Waals surface area contributed by atoms with Crippen molar-refractivity contribution >= 4 is 102 Å². The maximum Gasteiger partial charge on any atom is -0.0242 e. The molecule has 0 unspecified atom stereocenters. The average molecular weight is 965 g/mol. The van der Waals surface area contributed by atoms with Gasteiger partial charge in [0.05, 0.1) is 0 Å². The molecule has 13 rings (SSSR count). The van der Waals surface area contributed by atoms with E-state index in [0.717, 1.165) is 77.4 Å². The Morgan fingerprint density at radius 3 is 1.23 bits per heavy atom. The summed E-state index contributed by atoms with van der Waals surface area (Å²) in [6.07, 6.45) is 0. The summed E-state index contributed by atoms with van der Waals surface area (Å²) in [7, 11) is 0. The molecule has 11 aromatic carbocycles. The summed E-state index contributed by atoms with van der Waals surface area (Å²) in [5, 5.41) is 6.71. The number of anilines is 3. The van der Waals surface area contributed by atoms with Gasteiger partial charge in [-0.2, -0.15) is 0 Å². The van der Waals surface area contributed by atoms with E-state index in [2.05, 4.69) is 226 Å². The van der Waals surface area contributed by atoms with Crippen molar-refractivity contribution in [3.63, 3.8) is 0 Å². The number of hydrogen-bond donors (Lipinski definition) is 0. The summed E-state index contributed by atoms with van der Waals surface area (Å²) < 4.78 is 38.8. The molecule has 0 saturated carbocycles. The maximum absolute atomic E-state index is 14.6. The number of nitrogens with zero attached hydrogens (tertiary/aromatic N) is 3. The largest absolute Gasteiger partial charge is 0.0351 e. The SMILES string of the molecule is Fc1ccc(-n2c3ccccc3c3cc(N(c4ccc5ccccc5c4)c4ccc5c(c4)c4c[c]([Ge]([c]6ccccc6)([c]6ccccc6)[c]6ccccc6)ccc4n5-c4ccc(F)cc4)ccc32)cc1. The minimum atomic E-state index is -3.70. The van der Waals surface area contributed by atoms with Crippen LogP contribution in [-0.2, 0) is 0 Å². The number of benzene rings is 11. The molecule has 0 amide bonds. The molecule has 0 radical (unpaired) electrons. The molecule has 6 heteroatoms. The topological polar surface area (TPSA) is 13.1 Å². The molecule has 0 bridgehead atoms. The van der Waals surface area contributed by atoms with Gasteiger partial charge in [-0.05, 0) is 30.3 Å². The van der Waals surface area contributed by atoms with Crippen LogP contribution in [0.4, 0.5) is 25.8 Å². The van der Waals surface area contributed by atoms with E-state index >= 15 is 0 Å². The summed E-state index contributed by atoms with van der Waals surface area (Å²) in [5.41, 5.74) is 8.95. The second-order valence-corrected chi connectivity index (χ2v) is 26.0. The fraction of sp³-hybridized carbons (Fsp3) is 0. The fourth-order valence-electron chi connectivity index (χ4n) is 11.0. The van der Waals surface area contributed by atoms with E-state index in [9.17, 15) is 8.78 Å². The van der Waals surface area contributed by atoms with Gasteiger partial charge >= 0.3 is 345 Å². The van der Waals surface area contributed by atoms with Crippen molar-refractivity contribution in [1.29, 1.82) is 0 Å². The third-order valence-corrected chi connectivity index (χ3v) is 24.2. The molecule has 0 atom stereocenters. The Balaban J connectivity index is 1.09. The molecule has 2 aromatic heterocycles. The van der Waals surface area contributed by atoms with Gasteiger partial charge < -0.3 is 0 Å². The number of fused-ring (bicyclic) bond motifs is 7. The third kappa shape index (κ3) is 6.76. The number of aromatic nitrogens is 2. The predicted octanol–water partition coefficient (Wildman–Crippen LogP) is 14.2. The normalized spacial score (nSPS) is 11.9.